The lowest BCUT2D eigenvalue weighted by molar-refractivity contribution is 0.101. The normalized spacial score (nSPS) is 9.85. The maximum atomic E-state index is 11.7. The molecule has 102 valence electrons. The molecule has 0 bridgehead atoms. The van der Waals surface area contributed by atoms with Crippen LogP contribution in [0.5, 0.6) is 0 Å². The Morgan fingerprint density at radius 2 is 1.90 bits per heavy atom. The van der Waals surface area contributed by atoms with E-state index in [4.69, 9.17) is 4.74 Å². The molecule has 20 heavy (non-hydrogen) atoms. The Morgan fingerprint density at radius 3 is 2.60 bits per heavy atom. The lowest BCUT2D eigenvalue weighted by Crippen LogP contribution is -2.16. The molecule has 5 heteroatoms. The molecule has 0 unspecified atom stereocenters. The maximum Gasteiger partial charge on any atom is 0.412 e. The van der Waals surface area contributed by atoms with Gasteiger partial charge < -0.3 is 4.74 Å². The molecule has 0 aliphatic carbocycles. The largest absolute Gasteiger partial charge is 0.444 e. The number of amides is 1. The van der Waals surface area contributed by atoms with Crippen LogP contribution >= 0.6 is 0 Å². The number of Topliss-reactive ketones (excluding diaryl/α,β-unsaturated/α-hetero) is 1. The van der Waals surface area contributed by atoms with Crippen molar-refractivity contribution in [3.8, 4) is 0 Å². The number of ether oxygens (including phenoxy) is 1. The van der Waals surface area contributed by atoms with E-state index in [0.29, 0.717) is 5.69 Å². The summed E-state index contributed by atoms with van der Waals surface area (Å²) >= 11 is 0. The van der Waals surface area contributed by atoms with Crippen LogP contribution in [0.3, 0.4) is 0 Å². The fraction of sp³-hybridized carbons (Fsp3) is 0.133. The Kier molecular flexibility index (Phi) is 4.44. The van der Waals surface area contributed by atoms with Crippen molar-refractivity contribution in [1.82, 2.24) is 4.98 Å². The number of aromatic nitrogens is 1. The Labute approximate surface area is 116 Å². The minimum atomic E-state index is -0.621. The summed E-state index contributed by atoms with van der Waals surface area (Å²) in [5.74, 6) is -0.219. The average Bonchev–Trinajstić information content (AvgIpc) is 2.46. The van der Waals surface area contributed by atoms with Gasteiger partial charge in [0.05, 0.1) is 5.69 Å². The molecule has 1 N–H and O–H groups in total. The van der Waals surface area contributed by atoms with Gasteiger partial charge in [0.15, 0.2) is 5.78 Å². The zero-order valence-electron chi connectivity index (χ0n) is 11.0. The molecule has 0 aliphatic heterocycles. The molecule has 1 heterocycles. The minimum Gasteiger partial charge on any atom is -0.444 e. The lowest BCUT2D eigenvalue weighted by atomic mass is 10.2. The topological polar surface area (TPSA) is 68.3 Å². The van der Waals surface area contributed by atoms with Gasteiger partial charge in [0.2, 0.25) is 0 Å². The van der Waals surface area contributed by atoms with Crippen LogP contribution in [0.25, 0.3) is 0 Å². The molecule has 0 aliphatic rings. The number of nitrogens with one attached hydrogen (secondary N) is 1. The summed E-state index contributed by atoms with van der Waals surface area (Å²) in [5, 5.41) is 2.52. The molecule has 0 saturated carbocycles. The Bertz CT molecular complexity index is 612. The Morgan fingerprint density at radius 1 is 1.15 bits per heavy atom. The first-order valence-electron chi connectivity index (χ1n) is 6.10. The van der Waals surface area contributed by atoms with Gasteiger partial charge in [-0.25, -0.2) is 4.79 Å². The van der Waals surface area contributed by atoms with Crippen molar-refractivity contribution in [2.75, 3.05) is 5.32 Å². The van der Waals surface area contributed by atoms with Crippen molar-refractivity contribution in [1.29, 1.82) is 0 Å². The minimum absolute atomic E-state index is 0.169. The van der Waals surface area contributed by atoms with Crippen LogP contribution in [-0.4, -0.2) is 16.9 Å². The average molecular weight is 270 g/mol. The zero-order chi connectivity index (χ0) is 14.4. The van der Waals surface area contributed by atoms with E-state index in [1.165, 1.54) is 13.1 Å². The highest BCUT2D eigenvalue weighted by molar-refractivity contribution is 6.00. The Balaban J connectivity index is 1.97. The van der Waals surface area contributed by atoms with Gasteiger partial charge in [-0.05, 0) is 17.7 Å². The van der Waals surface area contributed by atoms with Crippen molar-refractivity contribution in [2.24, 2.45) is 0 Å². The molecule has 0 atom stereocenters. The molecule has 0 fully saturated rings. The van der Waals surface area contributed by atoms with Gasteiger partial charge >= 0.3 is 6.09 Å². The number of hydrogen-bond acceptors (Lipinski definition) is 4. The van der Waals surface area contributed by atoms with Crippen molar-refractivity contribution in [3.05, 3.63) is 59.9 Å². The third-order valence-corrected chi connectivity index (χ3v) is 2.59. The molecule has 2 rings (SSSR count). The predicted octanol–water partition coefficient (Wildman–Crippen LogP) is 3.03. The first kappa shape index (κ1) is 13.7. The van der Waals surface area contributed by atoms with Crippen LogP contribution in [0.1, 0.15) is 23.0 Å². The smallest absolute Gasteiger partial charge is 0.412 e. The number of ketones is 1. The van der Waals surface area contributed by atoms with Crippen molar-refractivity contribution in [3.63, 3.8) is 0 Å². The summed E-state index contributed by atoms with van der Waals surface area (Å²) in [6.07, 6.45) is 0.876. The van der Waals surface area contributed by atoms with E-state index in [-0.39, 0.29) is 18.1 Å². The van der Waals surface area contributed by atoms with E-state index >= 15 is 0 Å². The quantitative estimate of drug-likeness (QED) is 0.867. The van der Waals surface area contributed by atoms with E-state index in [2.05, 4.69) is 10.3 Å². The SMILES string of the molecule is CC(=O)c1ncccc1NC(=O)OCc1ccccc1. The van der Waals surface area contributed by atoms with E-state index in [1.807, 2.05) is 30.3 Å². The number of carbonyl (C=O) groups excluding carboxylic acids is 2. The molecule has 0 spiro atoms. The standard InChI is InChI=1S/C15H14N2O3/c1-11(18)14-13(8-5-9-16-14)17-15(19)20-10-12-6-3-2-4-7-12/h2-9H,10H2,1H3,(H,17,19). The van der Waals surface area contributed by atoms with Crippen molar-refractivity contribution < 1.29 is 14.3 Å². The van der Waals surface area contributed by atoms with Gasteiger partial charge in [0.25, 0.3) is 0 Å². The summed E-state index contributed by atoms with van der Waals surface area (Å²) in [4.78, 5) is 27.0. The highest BCUT2D eigenvalue weighted by Crippen LogP contribution is 2.13. The molecular weight excluding hydrogens is 256 g/mol. The summed E-state index contributed by atoms with van der Waals surface area (Å²) in [7, 11) is 0. The lowest BCUT2D eigenvalue weighted by Gasteiger charge is -2.09. The first-order chi connectivity index (χ1) is 9.66. The second-order valence-corrected chi connectivity index (χ2v) is 4.14. The molecule has 0 saturated heterocycles. The van der Waals surface area contributed by atoms with Crippen LogP contribution in [-0.2, 0) is 11.3 Å². The molecule has 0 radical (unpaired) electrons. The molecule has 2 aromatic rings. The number of benzene rings is 1. The van der Waals surface area contributed by atoms with E-state index in [1.54, 1.807) is 12.1 Å². The van der Waals surface area contributed by atoms with Crippen molar-refractivity contribution >= 4 is 17.6 Å². The second-order valence-electron chi connectivity index (χ2n) is 4.14. The van der Waals surface area contributed by atoms with E-state index in [0.717, 1.165) is 5.56 Å². The van der Waals surface area contributed by atoms with E-state index < -0.39 is 6.09 Å². The fourth-order valence-corrected chi connectivity index (χ4v) is 1.66. The zero-order valence-corrected chi connectivity index (χ0v) is 11.0. The summed E-state index contributed by atoms with van der Waals surface area (Å²) in [6, 6.07) is 12.6. The van der Waals surface area contributed by atoms with Crippen molar-refractivity contribution in [2.45, 2.75) is 13.5 Å². The third kappa shape index (κ3) is 3.65. The fourth-order valence-electron chi connectivity index (χ4n) is 1.66. The van der Waals surface area contributed by atoms with Gasteiger partial charge in [0.1, 0.15) is 12.3 Å². The van der Waals surface area contributed by atoms with Crippen LogP contribution in [0.4, 0.5) is 10.5 Å². The van der Waals surface area contributed by atoms with Crippen LogP contribution in [0.15, 0.2) is 48.7 Å². The van der Waals surface area contributed by atoms with Gasteiger partial charge in [0, 0.05) is 13.1 Å². The highest BCUT2D eigenvalue weighted by Gasteiger charge is 2.11. The van der Waals surface area contributed by atoms with Crippen LogP contribution in [0.2, 0.25) is 0 Å². The third-order valence-electron chi connectivity index (χ3n) is 2.59. The van der Waals surface area contributed by atoms with Gasteiger partial charge in [-0.3, -0.25) is 15.1 Å². The molecular formula is C15H14N2O3. The summed E-state index contributed by atoms with van der Waals surface area (Å²) < 4.78 is 5.08. The number of nitrogens with zero attached hydrogens (tertiary/aromatic N) is 1. The van der Waals surface area contributed by atoms with Crippen LogP contribution < -0.4 is 5.32 Å². The Hall–Kier alpha value is -2.69. The van der Waals surface area contributed by atoms with Gasteiger partial charge in [-0.2, -0.15) is 0 Å². The summed E-state index contributed by atoms with van der Waals surface area (Å²) in [5.41, 5.74) is 1.45. The van der Waals surface area contributed by atoms with E-state index in [9.17, 15) is 9.59 Å². The summed E-state index contributed by atoms with van der Waals surface area (Å²) in [6.45, 7) is 1.56. The number of rotatable bonds is 4. The monoisotopic (exact) mass is 270 g/mol. The first-order valence-corrected chi connectivity index (χ1v) is 6.10. The molecule has 1 aromatic heterocycles. The second kappa shape index (κ2) is 6.47. The highest BCUT2D eigenvalue weighted by atomic mass is 16.5. The van der Waals surface area contributed by atoms with Gasteiger partial charge in [-0.1, -0.05) is 30.3 Å². The molecule has 5 nitrogen and oxygen atoms in total. The van der Waals surface area contributed by atoms with Crippen LogP contribution in [0, 0.1) is 0 Å². The maximum absolute atomic E-state index is 11.7. The number of pyridine rings is 1. The number of anilines is 1. The molecule has 1 amide bonds. The predicted molar refractivity (Wildman–Crippen MR) is 74.5 cm³/mol. The van der Waals surface area contributed by atoms with Gasteiger partial charge in [-0.15, -0.1) is 0 Å². The number of carbonyl (C=O) groups is 2. The molecule has 1 aromatic carbocycles. The number of hydrogen-bond donors (Lipinski definition) is 1.